The highest BCUT2D eigenvalue weighted by molar-refractivity contribution is 8.24. The minimum atomic E-state index is 0.866. The molecule has 0 N–H and O–H groups in total. The van der Waals surface area contributed by atoms with Crippen molar-refractivity contribution in [2.75, 3.05) is 5.75 Å². The zero-order chi connectivity index (χ0) is 8.55. The molecular formula is C9H6S3. The molecule has 3 heteroatoms. The van der Waals surface area contributed by atoms with E-state index in [0.29, 0.717) is 0 Å². The first-order chi connectivity index (χ1) is 5.79. The summed E-state index contributed by atoms with van der Waals surface area (Å²) in [5, 5.41) is 0. The third kappa shape index (κ3) is 1.32. The summed E-state index contributed by atoms with van der Waals surface area (Å²) in [4.78, 5) is 1.02. The number of benzene rings is 1. The normalized spacial score (nSPS) is 16.0. The first kappa shape index (κ1) is 8.35. The van der Waals surface area contributed by atoms with Crippen molar-refractivity contribution in [1.29, 1.82) is 0 Å². The van der Waals surface area contributed by atoms with E-state index in [9.17, 15) is 0 Å². The average molecular weight is 210 g/mol. The summed E-state index contributed by atoms with van der Waals surface area (Å²) in [6.07, 6.45) is 0. The van der Waals surface area contributed by atoms with E-state index in [0.717, 1.165) is 25.9 Å². The largest absolute Gasteiger partial charge is 0.108 e. The topological polar surface area (TPSA) is 0 Å². The minimum Gasteiger partial charge on any atom is -0.108 e. The van der Waals surface area contributed by atoms with Crippen LogP contribution >= 0.6 is 36.2 Å². The second-order valence-corrected chi connectivity index (χ2v) is 4.69. The van der Waals surface area contributed by atoms with Gasteiger partial charge in [-0.15, -0.1) is 11.8 Å². The molecule has 1 heterocycles. The van der Waals surface area contributed by atoms with E-state index in [1.54, 1.807) is 11.8 Å². The third-order valence-electron chi connectivity index (χ3n) is 1.78. The Morgan fingerprint density at radius 2 is 1.75 bits per heavy atom. The maximum atomic E-state index is 5.23. The highest BCUT2D eigenvalue weighted by Gasteiger charge is 2.17. The summed E-state index contributed by atoms with van der Waals surface area (Å²) in [5.74, 6) is 0.866. The Labute approximate surface area is 86.4 Å². The van der Waals surface area contributed by atoms with Gasteiger partial charge in [-0.05, 0) is 5.56 Å². The van der Waals surface area contributed by atoms with Crippen LogP contribution < -0.4 is 0 Å². The second-order valence-electron chi connectivity index (χ2n) is 2.54. The molecular weight excluding hydrogens is 204 g/mol. The third-order valence-corrected chi connectivity index (χ3v) is 3.82. The lowest BCUT2D eigenvalue weighted by Gasteiger charge is -2.16. The van der Waals surface area contributed by atoms with Crippen LogP contribution in [-0.4, -0.2) is 14.8 Å². The van der Waals surface area contributed by atoms with Crippen molar-refractivity contribution in [2.45, 2.75) is 0 Å². The predicted molar refractivity (Wildman–Crippen MR) is 62.3 cm³/mol. The van der Waals surface area contributed by atoms with Gasteiger partial charge in [0.2, 0.25) is 0 Å². The molecule has 60 valence electrons. The predicted octanol–water partition coefficient (Wildman–Crippen LogP) is 2.83. The monoisotopic (exact) mass is 210 g/mol. The SMILES string of the molecule is S=C1CSC(=S)c2ccccc21. The van der Waals surface area contributed by atoms with E-state index in [4.69, 9.17) is 24.4 Å². The standard InChI is InChI=1S/C9H6S3/c10-8-5-12-9(11)7-4-2-1-3-6(7)8/h1-4H,5H2. The van der Waals surface area contributed by atoms with Crippen molar-refractivity contribution in [3.63, 3.8) is 0 Å². The number of fused-ring (bicyclic) bond motifs is 1. The van der Waals surface area contributed by atoms with Crippen molar-refractivity contribution in [3.05, 3.63) is 35.4 Å². The molecule has 0 saturated carbocycles. The van der Waals surface area contributed by atoms with E-state index >= 15 is 0 Å². The maximum absolute atomic E-state index is 5.23. The Bertz CT molecular complexity index is 320. The Morgan fingerprint density at radius 3 is 2.42 bits per heavy atom. The van der Waals surface area contributed by atoms with E-state index in [1.807, 2.05) is 24.3 Å². The lowest BCUT2D eigenvalue weighted by molar-refractivity contribution is 1.62. The highest BCUT2D eigenvalue weighted by Crippen LogP contribution is 2.25. The highest BCUT2D eigenvalue weighted by atomic mass is 32.2. The molecule has 0 nitrogen and oxygen atoms in total. The number of rotatable bonds is 0. The summed E-state index contributed by atoms with van der Waals surface area (Å²) in [7, 11) is 0. The van der Waals surface area contributed by atoms with Gasteiger partial charge in [-0.1, -0.05) is 48.7 Å². The number of hydrogen-bond acceptors (Lipinski definition) is 3. The summed E-state index contributed by atoms with van der Waals surface area (Å²) in [5.41, 5.74) is 2.28. The molecule has 1 aromatic carbocycles. The molecule has 12 heavy (non-hydrogen) atoms. The molecule has 0 bridgehead atoms. The zero-order valence-electron chi connectivity index (χ0n) is 6.24. The van der Waals surface area contributed by atoms with Crippen molar-refractivity contribution in [2.24, 2.45) is 0 Å². The van der Waals surface area contributed by atoms with Crippen LogP contribution in [0.2, 0.25) is 0 Å². The summed E-state index contributed by atoms with van der Waals surface area (Å²) >= 11 is 12.1. The summed E-state index contributed by atoms with van der Waals surface area (Å²) in [6.45, 7) is 0. The number of thiocarbonyl (C=S) groups is 2. The van der Waals surface area contributed by atoms with Crippen molar-refractivity contribution in [1.82, 2.24) is 0 Å². The van der Waals surface area contributed by atoms with Gasteiger partial charge in [0, 0.05) is 16.2 Å². The second kappa shape index (κ2) is 3.24. The molecule has 0 saturated heterocycles. The van der Waals surface area contributed by atoms with Crippen LogP contribution in [-0.2, 0) is 0 Å². The first-order valence-corrected chi connectivity index (χ1v) is 5.38. The Kier molecular flexibility index (Phi) is 2.26. The van der Waals surface area contributed by atoms with E-state index in [-0.39, 0.29) is 0 Å². The van der Waals surface area contributed by atoms with Gasteiger partial charge in [0.15, 0.2) is 0 Å². The average Bonchev–Trinajstić information content (AvgIpc) is 2.12. The number of thioether (sulfide) groups is 1. The molecule has 0 atom stereocenters. The van der Waals surface area contributed by atoms with Crippen molar-refractivity contribution in [3.8, 4) is 0 Å². The fourth-order valence-corrected chi connectivity index (χ4v) is 2.65. The fourth-order valence-electron chi connectivity index (χ4n) is 1.19. The molecule has 0 amide bonds. The van der Waals surface area contributed by atoms with Gasteiger partial charge in [0.25, 0.3) is 0 Å². The quantitative estimate of drug-likeness (QED) is 0.604. The molecule has 0 radical (unpaired) electrons. The van der Waals surface area contributed by atoms with E-state index < -0.39 is 0 Å². The molecule has 0 spiro atoms. The van der Waals surface area contributed by atoms with Gasteiger partial charge in [0.05, 0.1) is 4.20 Å². The lowest BCUT2D eigenvalue weighted by Crippen LogP contribution is -2.14. The van der Waals surface area contributed by atoms with Gasteiger partial charge < -0.3 is 0 Å². The molecule has 0 aromatic heterocycles. The van der Waals surface area contributed by atoms with Crippen LogP contribution in [0.1, 0.15) is 11.1 Å². The Hall–Kier alpha value is -0.250. The molecule has 1 aliphatic rings. The van der Waals surface area contributed by atoms with Crippen molar-refractivity contribution >= 4 is 45.3 Å². The van der Waals surface area contributed by atoms with Gasteiger partial charge in [-0.25, -0.2) is 0 Å². The van der Waals surface area contributed by atoms with Crippen LogP contribution in [0.25, 0.3) is 0 Å². The smallest absolute Gasteiger partial charge is 0.0788 e. The van der Waals surface area contributed by atoms with Crippen LogP contribution in [0.5, 0.6) is 0 Å². The Morgan fingerprint density at radius 1 is 1.08 bits per heavy atom. The first-order valence-electron chi connectivity index (χ1n) is 3.58. The van der Waals surface area contributed by atoms with Crippen molar-refractivity contribution < 1.29 is 0 Å². The molecule has 0 unspecified atom stereocenters. The maximum Gasteiger partial charge on any atom is 0.0788 e. The number of hydrogen-bond donors (Lipinski definition) is 0. The fraction of sp³-hybridized carbons (Fsp3) is 0.111. The van der Waals surface area contributed by atoms with E-state index in [1.165, 1.54) is 0 Å². The summed E-state index contributed by atoms with van der Waals surface area (Å²) in [6, 6.07) is 8.09. The van der Waals surface area contributed by atoms with Gasteiger partial charge in [-0.2, -0.15) is 0 Å². The lowest BCUT2D eigenvalue weighted by atomic mass is 10.1. The zero-order valence-corrected chi connectivity index (χ0v) is 8.69. The molecule has 2 rings (SSSR count). The van der Waals surface area contributed by atoms with Crippen LogP contribution in [0.4, 0.5) is 0 Å². The van der Waals surface area contributed by atoms with Gasteiger partial charge in [-0.3, -0.25) is 0 Å². The van der Waals surface area contributed by atoms with Crippen LogP contribution in [0.15, 0.2) is 24.3 Å². The van der Waals surface area contributed by atoms with Gasteiger partial charge >= 0.3 is 0 Å². The van der Waals surface area contributed by atoms with Crippen LogP contribution in [0.3, 0.4) is 0 Å². The van der Waals surface area contributed by atoms with Crippen LogP contribution in [0, 0.1) is 0 Å². The molecule has 0 fully saturated rings. The minimum absolute atomic E-state index is 0.866. The molecule has 0 aliphatic carbocycles. The Balaban J connectivity index is 2.62. The van der Waals surface area contributed by atoms with Gasteiger partial charge in [0.1, 0.15) is 0 Å². The molecule has 1 aliphatic heterocycles. The summed E-state index contributed by atoms with van der Waals surface area (Å²) < 4.78 is 0.971. The molecule has 1 aromatic rings. The van der Waals surface area contributed by atoms with E-state index in [2.05, 4.69) is 0 Å².